The molecule has 33 heavy (non-hydrogen) atoms. The number of aromatic amines is 1. The van der Waals surface area contributed by atoms with E-state index < -0.39 is 5.82 Å². The number of halogens is 1. The van der Waals surface area contributed by atoms with Gasteiger partial charge in [-0.2, -0.15) is 15.5 Å². The maximum atomic E-state index is 15.2. The highest BCUT2D eigenvalue weighted by atomic mass is 19.1. The standard InChI is InChI=1S/C25H22FN5O2/c1-4-20-16-10-14(9-13(2)22(16)25(32)30-29-20)18-12-28-31(3)24(18)23-17(11-27)21(8-7-19(23)26)33-15-5-6-15/h7-10,12,15H,4-6H2,1-3H3,(H,30,32). The molecule has 2 heterocycles. The highest BCUT2D eigenvalue weighted by molar-refractivity contribution is 5.94. The van der Waals surface area contributed by atoms with Crippen molar-refractivity contribution in [3.8, 4) is 34.2 Å². The van der Waals surface area contributed by atoms with Crippen LogP contribution in [-0.4, -0.2) is 26.1 Å². The minimum atomic E-state index is -0.524. The largest absolute Gasteiger partial charge is 0.489 e. The fourth-order valence-corrected chi connectivity index (χ4v) is 4.29. The smallest absolute Gasteiger partial charge is 0.272 e. The minimum absolute atomic E-state index is 0.0719. The quantitative estimate of drug-likeness (QED) is 0.493. The molecule has 4 aromatic rings. The van der Waals surface area contributed by atoms with Crippen LogP contribution in [0.1, 0.15) is 36.6 Å². The molecule has 2 aromatic heterocycles. The van der Waals surface area contributed by atoms with E-state index in [0.29, 0.717) is 28.8 Å². The lowest BCUT2D eigenvalue weighted by atomic mass is 9.93. The number of aryl methyl sites for hydroxylation is 3. The third-order valence-corrected chi connectivity index (χ3v) is 6.03. The van der Waals surface area contributed by atoms with Gasteiger partial charge in [0.15, 0.2) is 0 Å². The molecule has 7 nitrogen and oxygen atoms in total. The summed E-state index contributed by atoms with van der Waals surface area (Å²) in [7, 11) is 1.71. The maximum Gasteiger partial charge on any atom is 0.272 e. The van der Waals surface area contributed by atoms with Crippen LogP contribution in [-0.2, 0) is 13.5 Å². The van der Waals surface area contributed by atoms with Crippen molar-refractivity contribution < 1.29 is 9.13 Å². The Morgan fingerprint density at radius 3 is 2.82 bits per heavy atom. The van der Waals surface area contributed by atoms with Gasteiger partial charge in [-0.15, -0.1) is 0 Å². The van der Waals surface area contributed by atoms with E-state index in [1.165, 1.54) is 12.1 Å². The molecule has 0 bridgehead atoms. The average molecular weight is 443 g/mol. The Hall–Kier alpha value is -3.99. The molecule has 1 aliphatic carbocycles. The number of fused-ring (bicyclic) bond motifs is 1. The molecular formula is C25H22FN5O2. The third-order valence-electron chi connectivity index (χ3n) is 6.03. The molecule has 1 fully saturated rings. The van der Waals surface area contributed by atoms with Crippen LogP contribution >= 0.6 is 0 Å². The van der Waals surface area contributed by atoms with Gasteiger partial charge < -0.3 is 4.74 Å². The lowest BCUT2D eigenvalue weighted by Gasteiger charge is -2.15. The van der Waals surface area contributed by atoms with Crippen molar-refractivity contribution >= 4 is 10.8 Å². The Balaban J connectivity index is 1.77. The van der Waals surface area contributed by atoms with Gasteiger partial charge in [-0.25, -0.2) is 9.49 Å². The van der Waals surface area contributed by atoms with Crippen LogP contribution in [0.5, 0.6) is 5.75 Å². The number of nitriles is 1. The molecule has 0 amide bonds. The zero-order valence-electron chi connectivity index (χ0n) is 18.6. The summed E-state index contributed by atoms with van der Waals surface area (Å²) in [4.78, 5) is 12.4. The second kappa shape index (κ2) is 7.85. The van der Waals surface area contributed by atoms with Gasteiger partial charge in [0, 0.05) is 18.0 Å². The maximum absolute atomic E-state index is 15.2. The highest BCUT2D eigenvalue weighted by Crippen LogP contribution is 2.40. The third kappa shape index (κ3) is 3.46. The van der Waals surface area contributed by atoms with E-state index in [1.54, 1.807) is 17.9 Å². The SMILES string of the molecule is CCc1n[nH]c(=O)c2c(C)cc(-c3cnn(C)c3-c3c(F)ccc(OC4CC4)c3C#N)cc12. The first-order valence-corrected chi connectivity index (χ1v) is 10.9. The van der Waals surface area contributed by atoms with Crippen LogP contribution in [0.25, 0.3) is 33.2 Å². The number of benzene rings is 2. The fraction of sp³-hybridized carbons (Fsp3) is 0.280. The Bertz CT molecular complexity index is 1510. The number of nitrogens with zero attached hydrogens (tertiary/aromatic N) is 4. The fourth-order valence-electron chi connectivity index (χ4n) is 4.29. The van der Waals surface area contributed by atoms with Gasteiger partial charge in [0.05, 0.1) is 34.6 Å². The summed E-state index contributed by atoms with van der Waals surface area (Å²) in [6.45, 7) is 3.83. The van der Waals surface area contributed by atoms with Crippen molar-refractivity contribution in [1.82, 2.24) is 20.0 Å². The summed E-state index contributed by atoms with van der Waals surface area (Å²) >= 11 is 0. The number of hydrogen-bond donors (Lipinski definition) is 1. The summed E-state index contributed by atoms with van der Waals surface area (Å²) in [5.74, 6) is -0.147. The number of rotatable bonds is 5. The van der Waals surface area contributed by atoms with E-state index in [2.05, 4.69) is 21.4 Å². The molecule has 166 valence electrons. The van der Waals surface area contributed by atoms with Crippen molar-refractivity contribution in [3.63, 3.8) is 0 Å². The lowest BCUT2D eigenvalue weighted by Crippen LogP contribution is -2.12. The zero-order chi connectivity index (χ0) is 23.3. The summed E-state index contributed by atoms with van der Waals surface area (Å²) < 4.78 is 22.7. The number of ether oxygens (including phenoxy) is 1. The monoisotopic (exact) mass is 443 g/mol. The van der Waals surface area contributed by atoms with Gasteiger partial charge in [0.2, 0.25) is 0 Å². The van der Waals surface area contributed by atoms with Crippen LogP contribution in [0.2, 0.25) is 0 Å². The van der Waals surface area contributed by atoms with Crippen LogP contribution < -0.4 is 10.3 Å². The molecule has 0 spiro atoms. The minimum Gasteiger partial charge on any atom is -0.489 e. The van der Waals surface area contributed by atoms with Crippen LogP contribution in [0.3, 0.4) is 0 Å². The summed E-state index contributed by atoms with van der Waals surface area (Å²) in [6, 6.07) is 8.75. The first-order chi connectivity index (χ1) is 15.9. The molecule has 1 N–H and O–H groups in total. The van der Waals surface area contributed by atoms with Crippen LogP contribution in [0.15, 0.2) is 35.3 Å². The van der Waals surface area contributed by atoms with Crippen molar-refractivity contribution in [2.75, 3.05) is 0 Å². The van der Waals surface area contributed by atoms with Gasteiger partial charge in [-0.05, 0) is 55.5 Å². The summed E-state index contributed by atoms with van der Waals surface area (Å²) in [5.41, 5.74) is 3.50. The van der Waals surface area contributed by atoms with Gasteiger partial charge in [-0.3, -0.25) is 9.48 Å². The van der Waals surface area contributed by atoms with Crippen molar-refractivity contribution in [2.45, 2.75) is 39.2 Å². The second-order valence-corrected chi connectivity index (χ2v) is 8.32. The van der Waals surface area contributed by atoms with Gasteiger partial charge >= 0.3 is 0 Å². The van der Waals surface area contributed by atoms with E-state index in [0.717, 1.165) is 35.0 Å². The van der Waals surface area contributed by atoms with E-state index in [-0.39, 0.29) is 22.8 Å². The molecule has 0 atom stereocenters. The molecule has 0 aliphatic heterocycles. The van der Waals surface area contributed by atoms with E-state index in [4.69, 9.17) is 4.74 Å². The lowest BCUT2D eigenvalue weighted by molar-refractivity contribution is 0.302. The van der Waals surface area contributed by atoms with Gasteiger partial charge in [0.1, 0.15) is 23.2 Å². The predicted molar refractivity (Wildman–Crippen MR) is 122 cm³/mol. The molecule has 5 rings (SSSR count). The topological polar surface area (TPSA) is 96.6 Å². The van der Waals surface area contributed by atoms with E-state index in [9.17, 15) is 10.1 Å². The normalized spacial score (nSPS) is 13.3. The van der Waals surface area contributed by atoms with Gasteiger partial charge in [0.25, 0.3) is 5.56 Å². The molecule has 0 radical (unpaired) electrons. The average Bonchev–Trinajstić information content (AvgIpc) is 3.54. The van der Waals surface area contributed by atoms with Crippen molar-refractivity contribution in [3.05, 3.63) is 63.5 Å². The first kappa shape index (κ1) is 20.9. The Kier molecular flexibility index (Phi) is 4.97. The van der Waals surface area contributed by atoms with Crippen molar-refractivity contribution in [1.29, 1.82) is 5.26 Å². The second-order valence-electron chi connectivity index (χ2n) is 8.32. The molecule has 8 heteroatoms. The number of H-pyrrole nitrogens is 1. The molecule has 1 saturated carbocycles. The Morgan fingerprint density at radius 1 is 1.33 bits per heavy atom. The number of hydrogen-bond acceptors (Lipinski definition) is 5. The Labute approximate surface area is 189 Å². The zero-order valence-corrected chi connectivity index (χ0v) is 18.6. The number of aromatic nitrogens is 4. The Morgan fingerprint density at radius 2 is 2.12 bits per heavy atom. The van der Waals surface area contributed by atoms with Crippen molar-refractivity contribution in [2.24, 2.45) is 7.05 Å². The molecule has 0 saturated heterocycles. The van der Waals surface area contributed by atoms with E-state index in [1.807, 2.05) is 26.0 Å². The van der Waals surface area contributed by atoms with E-state index >= 15 is 4.39 Å². The number of nitrogens with one attached hydrogen (secondary N) is 1. The highest BCUT2D eigenvalue weighted by Gasteiger charge is 2.28. The predicted octanol–water partition coefficient (Wildman–Crippen LogP) is 4.41. The molecule has 1 aliphatic rings. The summed E-state index contributed by atoms with van der Waals surface area (Å²) in [5, 5.41) is 22.4. The molecule has 0 unspecified atom stereocenters. The van der Waals surface area contributed by atoms with Crippen LogP contribution in [0.4, 0.5) is 4.39 Å². The van der Waals surface area contributed by atoms with Gasteiger partial charge in [-0.1, -0.05) is 13.0 Å². The summed E-state index contributed by atoms with van der Waals surface area (Å²) in [6.07, 6.45) is 4.22. The van der Waals surface area contributed by atoms with Crippen LogP contribution in [0, 0.1) is 24.1 Å². The molecule has 2 aromatic carbocycles. The first-order valence-electron chi connectivity index (χ1n) is 10.9. The molecular weight excluding hydrogens is 421 g/mol.